The Kier molecular flexibility index (Phi) is 10.5. The Morgan fingerprint density at radius 3 is 2.00 bits per heavy atom. The minimum atomic E-state index is -4.31. The molecule has 0 radical (unpaired) electrons. The van der Waals surface area contributed by atoms with E-state index in [-0.39, 0.29) is 24.1 Å². The molecule has 2 N–H and O–H groups in total. The topological polar surface area (TPSA) is 92.3 Å². The predicted molar refractivity (Wildman–Crippen MR) is 158 cm³/mol. The van der Waals surface area contributed by atoms with Crippen molar-refractivity contribution in [1.29, 1.82) is 0 Å². The Balaban J connectivity index is 1.52. The van der Waals surface area contributed by atoms with E-state index in [1.54, 1.807) is 48.5 Å². The van der Waals surface area contributed by atoms with Gasteiger partial charge in [0.05, 0.1) is 11.8 Å². The van der Waals surface area contributed by atoms with E-state index in [0.29, 0.717) is 23.6 Å². The van der Waals surface area contributed by atoms with Gasteiger partial charge in [-0.25, -0.2) is 17.2 Å². The van der Waals surface area contributed by atoms with E-state index in [1.165, 1.54) is 6.07 Å². The van der Waals surface area contributed by atoms with Crippen LogP contribution in [0.1, 0.15) is 43.8 Å². The Bertz CT molecular complexity index is 1690. The van der Waals surface area contributed by atoms with Gasteiger partial charge in [-0.15, -0.1) is 0 Å². The van der Waals surface area contributed by atoms with E-state index in [1.807, 2.05) is 30.3 Å². The maximum Gasteiger partial charge on any atom is 0.252 e. The fourth-order valence-corrected chi connectivity index (χ4v) is 5.53. The van der Waals surface area contributed by atoms with Crippen molar-refractivity contribution in [1.82, 2.24) is 10.6 Å². The van der Waals surface area contributed by atoms with E-state index >= 15 is 4.39 Å². The molecule has 0 heterocycles. The molecule has 0 bridgehead atoms. The molecule has 0 saturated carbocycles. The number of benzene rings is 4. The van der Waals surface area contributed by atoms with Gasteiger partial charge < -0.3 is 10.6 Å². The zero-order valence-corrected chi connectivity index (χ0v) is 23.8. The molecule has 222 valence electrons. The molecule has 1 atom stereocenters. The first kappa shape index (κ1) is 31.2. The summed E-state index contributed by atoms with van der Waals surface area (Å²) in [7, 11) is -4.31. The molecular weight excluding hydrogens is 577 g/mol. The van der Waals surface area contributed by atoms with Gasteiger partial charge in [0, 0.05) is 23.7 Å². The normalized spacial score (nSPS) is 12.4. The number of sulfone groups is 1. The molecule has 0 unspecified atom stereocenters. The highest BCUT2D eigenvalue weighted by Gasteiger charge is 2.23. The molecule has 43 heavy (non-hydrogen) atoms. The molecule has 0 spiro atoms. The SMILES string of the molecule is O=C(NCc1ccccc1C(=O)N[C@H](/C=C(\F)S(=O)(=O)Cc1ccccc1)CCc1ccccc1)c1cc(F)cc(F)c1. The molecule has 0 saturated heterocycles. The third-order valence-electron chi connectivity index (χ3n) is 6.56. The summed E-state index contributed by atoms with van der Waals surface area (Å²) < 4.78 is 67.9. The minimum absolute atomic E-state index is 0.148. The molecule has 4 aromatic carbocycles. The summed E-state index contributed by atoms with van der Waals surface area (Å²) in [5, 5.41) is 3.90. The van der Waals surface area contributed by atoms with E-state index in [4.69, 9.17) is 0 Å². The molecular formula is C33H29F3N2O4S. The second kappa shape index (κ2) is 14.5. The van der Waals surface area contributed by atoms with Crippen LogP contribution in [0.5, 0.6) is 0 Å². The molecule has 0 aliphatic rings. The average molecular weight is 607 g/mol. The van der Waals surface area contributed by atoms with Gasteiger partial charge in [-0.2, -0.15) is 4.39 Å². The lowest BCUT2D eigenvalue weighted by molar-refractivity contribution is 0.0929. The van der Waals surface area contributed by atoms with Crippen molar-refractivity contribution < 1.29 is 31.2 Å². The lowest BCUT2D eigenvalue weighted by Gasteiger charge is -2.18. The summed E-state index contributed by atoms with van der Waals surface area (Å²) in [4.78, 5) is 25.9. The zero-order chi connectivity index (χ0) is 30.8. The maximum atomic E-state index is 15.2. The van der Waals surface area contributed by atoms with Crippen molar-refractivity contribution >= 4 is 21.7 Å². The van der Waals surface area contributed by atoms with Gasteiger partial charge in [-0.05, 0) is 53.8 Å². The standard InChI is InChI=1S/C33H29F3N2O4S/c34-27-17-26(18-28(35)19-27)32(39)37-21-25-13-7-8-14-30(25)33(40)38-29(16-15-23-9-3-1-4-10-23)20-31(36)43(41,42)22-24-11-5-2-6-12-24/h1-14,17-20,29H,15-16,21-22H2,(H,37,39)(H,38,40)/b31-20+/t29-/m0/s1. The molecule has 0 fully saturated rings. The smallest absolute Gasteiger partial charge is 0.252 e. The molecule has 6 nitrogen and oxygen atoms in total. The van der Waals surface area contributed by atoms with E-state index < -0.39 is 50.2 Å². The first-order valence-corrected chi connectivity index (χ1v) is 15.1. The molecule has 4 aromatic rings. The van der Waals surface area contributed by atoms with Gasteiger partial charge in [0.25, 0.3) is 11.8 Å². The monoisotopic (exact) mass is 606 g/mol. The highest BCUT2D eigenvalue weighted by Crippen LogP contribution is 2.19. The number of rotatable bonds is 12. The molecule has 0 aliphatic carbocycles. The van der Waals surface area contributed by atoms with Crippen molar-refractivity contribution in [3.05, 3.63) is 154 Å². The quantitative estimate of drug-likeness (QED) is 0.205. The van der Waals surface area contributed by atoms with Crippen LogP contribution in [0.3, 0.4) is 0 Å². The van der Waals surface area contributed by atoms with Gasteiger partial charge in [-0.1, -0.05) is 78.9 Å². The fourth-order valence-electron chi connectivity index (χ4n) is 4.39. The van der Waals surface area contributed by atoms with Crippen molar-refractivity contribution in [3.8, 4) is 0 Å². The maximum absolute atomic E-state index is 15.2. The van der Waals surface area contributed by atoms with Crippen molar-refractivity contribution in [2.45, 2.75) is 31.2 Å². The van der Waals surface area contributed by atoms with Crippen molar-refractivity contribution in [2.24, 2.45) is 0 Å². The first-order chi connectivity index (χ1) is 20.6. The van der Waals surface area contributed by atoms with Gasteiger partial charge in [-0.3, -0.25) is 9.59 Å². The number of amides is 2. The second-order valence-electron chi connectivity index (χ2n) is 9.82. The second-order valence-corrected chi connectivity index (χ2v) is 11.7. The number of nitrogens with one attached hydrogen (secondary N) is 2. The van der Waals surface area contributed by atoms with Gasteiger partial charge in [0.15, 0.2) is 0 Å². The van der Waals surface area contributed by atoms with Crippen molar-refractivity contribution in [3.63, 3.8) is 0 Å². The average Bonchev–Trinajstić information content (AvgIpc) is 2.99. The summed E-state index contributed by atoms with van der Waals surface area (Å²) in [6.45, 7) is -0.148. The highest BCUT2D eigenvalue weighted by atomic mass is 32.2. The summed E-state index contributed by atoms with van der Waals surface area (Å²) >= 11 is 0. The van der Waals surface area contributed by atoms with Crippen LogP contribution in [-0.2, 0) is 28.6 Å². The number of hydrogen-bond donors (Lipinski definition) is 2. The number of aryl methyl sites for hydroxylation is 1. The van der Waals surface area contributed by atoms with E-state index in [9.17, 15) is 26.8 Å². The number of carbonyl (C=O) groups is 2. The first-order valence-electron chi connectivity index (χ1n) is 13.4. The van der Waals surface area contributed by atoms with Crippen molar-refractivity contribution in [2.75, 3.05) is 0 Å². The van der Waals surface area contributed by atoms with E-state index in [0.717, 1.165) is 23.8 Å². The highest BCUT2D eigenvalue weighted by molar-refractivity contribution is 7.94. The lowest BCUT2D eigenvalue weighted by atomic mass is 10.0. The van der Waals surface area contributed by atoms with Crippen LogP contribution >= 0.6 is 0 Å². The van der Waals surface area contributed by atoms with Crippen LogP contribution in [0.4, 0.5) is 13.2 Å². The van der Waals surface area contributed by atoms with E-state index in [2.05, 4.69) is 10.6 Å². The van der Waals surface area contributed by atoms with Crippen LogP contribution in [-0.4, -0.2) is 26.3 Å². The summed E-state index contributed by atoms with van der Waals surface area (Å²) in [6, 6.07) is 25.2. The summed E-state index contributed by atoms with van der Waals surface area (Å²) in [5.41, 5.74) is 1.65. The third-order valence-corrected chi connectivity index (χ3v) is 8.00. The van der Waals surface area contributed by atoms with Gasteiger partial charge >= 0.3 is 0 Å². The predicted octanol–water partition coefficient (Wildman–Crippen LogP) is 6.05. The Morgan fingerprint density at radius 1 is 0.767 bits per heavy atom. The molecule has 4 rings (SSSR count). The zero-order valence-electron chi connectivity index (χ0n) is 23.0. The molecule has 10 heteroatoms. The summed E-state index contributed by atoms with van der Waals surface area (Å²) in [5.74, 6) is -3.71. The van der Waals surface area contributed by atoms with Gasteiger partial charge in [0.1, 0.15) is 11.6 Å². The minimum Gasteiger partial charge on any atom is -0.348 e. The summed E-state index contributed by atoms with van der Waals surface area (Å²) in [6.07, 6.45) is 1.53. The Labute approximate surface area is 248 Å². The van der Waals surface area contributed by atoms with Crippen LogP contribution in [0, 0.1) is 11.6 Å². The van der Waals surface area contributed by atoms with Crippen LogP contribution in [0.15, 0.2) is 114 Å². The van der Waals surface area contributed by atoms with Gasteiger partial charge in [0.2, 0.25) is 15.0 Å². The molecule has 0 aliphatic heterocycles. The Morgan fingerprint density at radius 2 is 1.35 bits per heavy atom. The third kappa shape index (κ3) is 9.14. The number of halogens is 3. The van der Waals surface area contributed by atoms with Crippen LogP contribution < -0.4 is 10.6 Å². The largest absolute Gasteiger partial charge is 0.348 e. The Hall–Kier alpha value is -4.70. The molecule has 2 amide bonds. The van der Waals surface area contributed by atoms with Crippen LogP contribution in [0.2, 0.25) is 0 Å². The lowest BCUT2D eigenvalue weighted by Crippen LogP contribution is -2.35. The fraction of sp³-hybridized carbons (Fsp3) is 0.152. The molecule has 0 aromatic heterocycles. The number of carbonyl (C=O) groups excluding carboxylic acids is 2. The van der Waals surface area contributed by atoms with Crippen LogP contribution in [0.25, 0.3) is 0 Å². The number of hydrogen-bond acceptors (Lipinski definition) is 4.